The Labute approximate surface area is 82.0 Å². The Hall–Kier alpha value is -1.58. The highest BCUT2D eigenvalue weighted by Crippen LogP contribution is 2.14. The Kier molecular flexibility index (Phi) is 4.47. The summed E-state index contributed by atoms with van der Waals surface area (Å²) in [4.78, 5) is 6.66. The van der Waals surface area contributed by atoms with Crippen molar-refractivity contribution in [1.29, 1.82) is 0 Å². The van der Waals surface area contributed by atoms with E-state index in [1.807, 2.05) is 6.07 Å². The zero-order valence-electron chi connectivity index (χ0n) is 7.74. The molecule has 74 valence electrons. The number of nitrogens with zero attached hydrogens (tertiary/aromatic N) is 4. The molecule has 1 aromatic rings. The minimum atomic E-state index is -0.565. The average molecular weight is 192 g/mol. The molecule has 0 fully saturated rings. The van der Waals surface area contributed by atoms with Crippen molar-refractivity contribution in [3.05, 3.63) is 40.5 Å². The molecule has 0 bridgehead atoms. The van der Waals surface area contributed by atoms with Crippen LogP contribution in [0.1, 0.15) is 24.6 Å². The maximum atomic E-state index is 9.62. The lowest BCUT2D eigenvalue weighted by Crippen LogP contribution is -2.00. The Bertz CT molecular complexity index is 308. The van der Waals surface area contributed by atoms with Crippen LogP contribution < -0.4 is 0 Å². The number of aliphatic hydroxyl groups excluding tert-OH is 1. The SMILES string of the molecule is [N-]=[N+]=NCCCC(O)c1ccccn1. The number of rotatable bonds is 5. The number of azide groups is 1. The number of aromatic nitrogens is 1. The lowest BCUT2D eigenvalue weighted by molar-refractivity contribution is 0.161. The fourth-order valence-electron chi connectivity index (χ4n) is 1.12. The molecule has 0 saturated heterocycles. The fourth-order valence-corrected chi connectivity index (χ4v) is 1.12. The number of hydrogen-bond donors (Lipinski definition) is 1. The molecule has 0 amide bonds. The van der Waals surface area contributed by atoms with Gasteiger partial charge in [-0.05, 0) is 30.5 Å². The Morgan fingerprint density at radius 2 is 2.43 bits per heavy atom. The molecular formula is C9H12N4O. The third-order valence-electron chi connectivity index (χ3n) is 1.83. The van der Waals surface area contributed by atoms with Gasteiger partial charge in [0.1, 0.15) is 0 Å². The van der Waals surface area contributed by atoms with E-state index in [9.17, 15) is 5.11 Å². The maximum absolute atomic E-state index is 9.62. The van der Waals surface area contributed by atoms with Crippen LogP contribution in [0, 0.1) is 0 Å². The van der Waals surface area contributed by atoms with E-state index in [0.29, 0.717) is 25.1 Å². The molecule has 0 spiro atoms. The molecule has 1 rings (SSSR count). The summed E-state index contributed by atoms with van der Waals surface area (Å²) in [5.41, 5.74) is 8.69. The monoisotopic (exact) mass is 192 g/mol. The van der Waals surface area contributed by atoms with Gasteiger partial charge < -0.3 is 5.11 Å². The van der Waals surface area contributed by atoms with Crippen molar-refractivity contribution in [3.63, 3.8) is 0 Å². The highest BCUT2D eigenvalue weighted by molar-refractivity contribution is 5.06. The minimum absolute atomic E-state index is 0.417. The van der Waals surface area contributed by atoms with Crippen LogP contribution in [0.4, 0.5) is 0 Å². The van der Waals surface area contributed by atoms with Gasteiger partial charge in [0.15, 0.2) is 0 Å². The second-order valence-electron chi connectivity index (χ2n) is 2.87. The van der Waals surface area contributed by atoms with Gasteiger partial charge in [-0.1, -0.05) is 11.2 Å². The van der Waals surface area contributed by atoms with Gasteiger partial charge in [0.25, 0.3) is 0 Å². The molecule has 0 aliphatic carbocycles. The topological polar surface area (TPSA) is 81.9 Å². The van der Waals surface area contributed by atoms with E-state index in [2.05, 4.69) is 15.0 Å². The summed E-state index contributed by atoms with van der Waals surface area (Å²) in [5, 5.41) is 13.0. The summed E-state index contributed by atoms with van der Waals surface area (Å²) in [6, 6.07) is 5.41. The highest BCUT2D eigenvalue weighted by atomic mass is 16.3. The fraction of sp³-hybridized carbons (Fsp3) is 0.444. The molecule has 1 N–H and O–H groups in total. The Balaban J connectivity index is 2.35. The predicted octanol–water partition coefficient (Wildman–Crippen LogP) is 2.21. The molecule has 0 saturated carbocycles. The number of pyridine rings is 1. The van der Waals surface area contributed by atoms with Gasteiger partial charge in [-0.15, -0.1) is 0 Å². The Morgan fingerprint density at radius 3 is 3.07 bits per heavy atom. The van der Waals surface area contributed by atoms with Gasteiger partial charge in [-0.25, -0.2) is 0 Å². The van der Waals surface area contributed by atoms with Gasteiger partial charge in [-0.2, -0.15) is 0 Å². The molecule has 1 heterocycles. The average Bonchev–Trinajstić information content (AvgIpc) is 2.25. The highest BCUT2D eigenvalue weighted by Gasteiger charge is 2.06. The van der Waals surface area contributed by atoms with Crippen molar-refractivity contribution in [1.82, 2.24) is 4.98 Å². The zero-order valence-corrected chi connectivity index (χ0v) is 7.74. The molecule has 5 heteroatoms. The van der Waals surface area contributed by atoms with Crippen LogP contribution in [-0.2, 0) is 0 Å². The van der Waals surface area contributed by atoms with Crippen molar-refractivity contribution in [3.8, 4) is 0 Å². The lowest BCUT2D eigenvalue weighted by atomic mass is 10.1. The quantitative estimate of drug-likeness (QED) is 0.336. The molecule has 0 aliphatic rings. The van der Waals surface area contributed by atoms with E-state index in [1.54, 1.807) is 18.3 Å². The van der Waals surface area contributed by atoms with Gasteiger partial charge >= 0.3 is 0 Å². The molecular weight excluding hydrogens is 180 g/mol. The third kappa shape index (κ3) is 3.43. The van der Waals surface area contributed by atoms with Gasteiger partial charge in [0, 0.05) is 17.7 Å². The largest absolute Gasteiger partial charge is 0.387 e. The first kappa shape index (κ1) is 10.5. The van der Waals surface area contributed by atoms with Crippen molar-refractivity contribution in [2.75, 3.05) is 6.54 Å². The van der Waals surface area contributed by atoms with Crippen LogP contribution in [0.15, 0.2) is 29.5 Å². The number of hydrogen-bond acceptors (Lipinski definition) is 3. The zero-order chi connectivity index (χ0) is 10.2. The summed E-state index contributed by atoms with van der Waals surface area (Å²) in [6.07, 6.45) is 2.31. The first-order chi connectivity index (χ1) is 6.84. The van der Waals surface area contributed by atoms with Crippen molar-refractivity contribution < 1.29 is 5.11 Å². The van der Waals surface area contributed by atoms with Gasteiger partial charge in [-0.3, -0.25) is 4.98 Å². The lowest BCUT2D eigenvalue weighted by Gasteiger charge is -2.07. The van der Waals surface area contributed by atoms with Crippen molar-refractivity contribution >= 4 is 0 Å². The summed E-state index contributed by atoms with van der Waals surface area (Å²) in [5.74, 6) is 0. The molecule has 0 aromatic carbocycles. The molecule has 1 unspecified atom stereocenters. The van der Waals surface area contributed by atoms with E-state index >= 15 is 0 Å². The molecule has 0 radical (unpaired) electrons. The molecule has 0 aliphatic heterocycles. The predicted molar refractivity (Wildman–Crippen MR) is 52.4 cm³/mol. The minimum Gasteiger partial charge on any atom is -0.387 e. The van der Waals surface area contributed by atoms with Crippen LogP contribution >= 0.6 is 0 Å². The summed E-state index contributed by atoms with van der Waals surface area (Å²) < 4.78 is 0. The summed E-state index contributed by atoms with van der Waals surface area (Å²) >= 11 is 0. The van der Waals surface area contributed by atoms with Crippen LogP contribution in [0.2, 0.25) is 0 Å². The number of aliphatic hydroxyl groups is 1. The van der Waals surface area contributed by atoms with Crippen LogP contribution in [0.3, 0.4) is 0 Å². The van der Waals surface area contributed by atoms with Crippen molar-refractivity contribution in [2.45, 2.75) is 18.9 Å². The van der Waals surface area contributed by atoms with Crippen molar-refractivity contribution in [2.24, 2.45) is 5.11 Å². The van der Waals surface area contributed by atoms with Crippen LogP contribution in [-0.4, -0.2) is 16.6 Å². The van der Waals surface area contributed by atoms with Crippen LogP contribution in [0.25, 0.3) is 10.4 Å². The van der Waals surface area contributed by atoms with Gasteiger partial charge in [0.05, 0.1) is 11.8 Å². The smallest absolute Gasteiger partial charge is 0.0959 e. The summed E-state index contributed by atoms with van der Waals surface area (Å²) in [6.45, 7) is 0.417. The molecule has 1 aromatic heterocycles. The third-order valence-corrected chi connectivity index (χ3v) is 1.83. The molecule has 5 nitrogen and oxygen atoms in total. The van der Waals surface area contributed by atoms with E-state index < -0.39 is 6.10 Å². The second-order valence-corrected chi connectivity index (χ2v) is 2.87. The molecule has 14 heavy (non-hydrogen) atoms. The normalized spacial score (nSPS) is 11.8. The van der Waals surface area contributed by atoms with E-state index in [0.717, 1.165) is 0 Å². The van der Waals surface area contributed by atoms with E-state index in [-0.39, 0.29) is 0 Å². The maximum Gasteiger partial charge on any atom is 0.0959 e. The van der Waals surface area contributed by atoms with Crippen LogP contribution in [0.5, 0.6) is 0 Å². The first-order valence-electron chi connectivity index (χ1n) is 4.44. The first-order valence-corrected chi connectivity index (χ1v) is 4.44. The second kappa shape index (κ2) is 5.96. The van der Waals surface area contributed by atoms with E-state index in [1.165, 1.54) is 0 Å². The van der Waals surface area contributed by atoms with Gasteiger partial charge in [0.2, 0.25) is 0 Å². The molecule has 1 atom stereocenters. The Morgan fingerprint density at radius 1 is 1.57 bits per heavy atom. The van der Waals surface area contributed by atoms with E-state index in [4.69, 9.17) is 5.53 Å². The standard InChI is InChI=1S/C9H12N4O/c10-13-12-7-3-5-9(14)8-4-1-2-6-11-8/h1-2,4,6,9,14H,3,5,7H2. The summed E-state index contributed by atoms with van der Waals surface area (Å²) in [7, 11) is 0.